The Labute approximate surface area is 104 Å². The first kappa shape index (κ1) is 12.4. The molecule has 2 heterocycles. The monoisotopic (exact) mass is 283 g/mol. The highest BCUT2D eigenvalue weighted by Gasteiger charge is 2.27. The van der Waals surface area contributed by atoms with Crippen molar-refractivity contribution in [2.45, 2.75) is 19.0 Å². The summed E-state index contributed by atoms with van der Waals surface area (Å²) in [5.74, 6) is 0.211. The maximum Gasteiger partial charge on any atom is 0.389 e. The zero-order valence-electron chi connectivity index (χ0n) is 8.28. The van der Waals surface area contributed by atoms with Crippen LogP contribution >= 0.6 is 23.2 Å². The molecule has 0 fully saturated rings. The molecule has 0 amide bonds. The smallest absolute Gasteiger partial charge is 0.341 e. The Hall–Kier alpha value is -1.01. The lowest BCUT2D eigenvalue weighted by Gasteiger charge is -2.02. The summed E-state index contributed by atoms with van der Waals surface area (Å²) in [6.07, 6.45) is -5.37. The van der Waals surface area contributed by atoms with Gasteiger partial charge in [0.05, 0.1) is 17.0 Å². The van der Waals surface area contributed by atoms with Crippen molar-refractivity contribution in [2.24, 2.45) is 0 Å². The molecule has 0 aliphatic heterocycles. The summed E-state index contributed by atoms with van der Waals surface area (Å²) < 4.78 is 36.1. The van der Waals surface area contributed by atoms with Crippen molar-refractivity contribution in [3.05, 3.63) is 22.1 Å². The van der Waals surface area contributed by atoms with Crippen LogP contribution in [0.3, 0.4) is 0 Å². The minimum Gasteiger partial charge on any atom is -0.341 e. The number of pyridine rings is 1. The number of imidazole rings is 1. The van der Waals surface area contributed by atoms with Gasteiger partial charge < -0.3 is 4.98 Å². The second-order valence-electron chi connectivity index (χ2n) is 3.43. The Morgan fingerprint density at radius 3 is 2.59 bits per heavy atom. The number of fused-ring (bicyclic) bond motifs is 1. The summed E-state index contributed by atoms with van der Waals surface area (Å²) in [5.41, 5.74) is 0.730. The molecule has 0 spiro atoms. The van der Waals surface area contributed by atoms with E-state index in [0.717, 1.165) is 0 Å². The van der Waals surface area contributed by atoms with Gasteiger partial charge in [0.25, 0.3) is 0 Å². The van der Waals surface area contributed by atoms with Gasteiger partial charge in [-0.15, -0.1) is 0 Å². The van der Waals surface area contributed by atoms with E-state index >= 15 is 0 Å². The summed E-state index contributed by atoms with van der Waals surface area (Å²) in [5, 5.41) is 0.304. The van der Waals surface area contributed by atoms with Crippen LogP contribution < -0.4 is 0 Å². The first-order valence-electron chi connectivity index (χ1n) is 4.62. The fourth-order valence-electron chi connectivity index (χ4n) is 1.32. The zero-order chi connectivity index (χ0) is 12.6. The molecule has 0 unspecified atom stereocenters. The van der Waals surface area contributed by atoms with Gasteiger partial charge in [0.2, 0.25) is 0 Å². The molecule has 0 aromatic carbocycles. The quantitative estimate of drug-likeness (QED) is 0.853. The first-order valence-corrected chi connectivity index (χ1v) is 5.38. The Kier molecular flexibility index (Phi) is 3.18. The van der Waals surface area contributed by atoms with Crippen LogP contribution in [0.1, 0.15) is 12.2 Å². The second-order valence-corrected chi connectivity index (χ2v) is 4.20. The van der Waals surface area contributed by atoms with E-state index in [9.17, 15) is 13.2 Å². The van der Waals surface area contributed by atoms with Gasteiger partial charge in [0, 0.05) is 6.42 Å². The lowest BCUT2D eigenvalue weighted by molar-refractivity contribution is -0.134. The normalized spacial score (nSPS) is 12.3. The number of aryl methyl sites for hydroxylation is 1. The van der Waals surface area contributed by atoms with Crippen LogP contribution in [0, 0.1) is 0 Å². The van der Waals surface area contributed by atoms with Crippen molar-refractivity contribution >= 4 is 34.4 Å². The van der Waals surface area contributed by atoms with Gasteiger partial charge in [-0.25, -0.2) is 9.97 Å². The van der Waals surface area contributed by atoms with Gasteiger partial charge >= 0.3 is 6.18 Å². The van der Waals surface area contributed by atoms with Crippen molar-refractivity contribution in [1.82, 2.24) is 15.0 Å². The first-order chi connectivity index (χ1) is 7.85. The number of nitrogens with one attached hydrogen (secondary N) is 1. The van der Waals surface area contributed by atoms with Crippen LogP contribution in [0.25, 0.3) is 11.2 Å². The maximum absolute atomic E-state index is 12.0. The number of H-pyrrole nitrogens is 1. The molecule has 2 rings (SSSR count). The van der Waals surface area contributed by atoms with E-state index in [1.807, 2.05) is 0 Å². The molecule has 1 N–H and O–H groups in total. The number of rotatable bonds is 2. The molecule has 0 radical (unpaired) electrons. The number of aromatic amines is 1. The van der Waals surface area contributed by atoms with Crippen LogP contribution in [0.2, 0.25) is 10.2 Å². The Morgan fingerprint density at radius 2 is 1.94 bits per heavy atom. The van der Waals surface area contributed by atoms with Gasteiger partial charge in [-0.2, -0.15) is 13.2 Å². The van der Waals surface area contributed by atoms with E-state index in [1.165, 1.54) is 6.07 Å². The number of aromatic nitrogens is 3. The average Bonchev–Trinajstić information content (AvgIpc) is 2.57. The molecule has 17 heavy (non-hydrogen) atoms. The molecule has 0 saturated heterocycles. The standard InChI is InChI=1S/C9H6Cl2F3N3/c10-4-3-5-8(17-7(4)11)16-6(15-5)1-2-9(12,13)14/h3H,1-2H2,(H,15,16,17). The maximum atomic E-state index is 12.0. The largest absolute Gasteiger partial charge is 0.389 e. The summed E-state index contributed by atoms with van der Waals surface area (Å²) in [6, 6.07) is 1.48. The molecule has 92 valence electrons. The van der Waals surface area contributed by atoms with E-state index < -0.39 is 12.6 Å². The molecule has 0 atom stereocenters. The fourth-order valence-corrected chi connectivity index (χ4v) is 1.61. The molecule has 0 bridgehead atoms. The SMILES string of the molecule is FC(F)(F)CCc1nc2nc(Cl)c(Cl)cc2[nH]1. The summed E-state index contributed by atoms with van der Waals surface area (Å²) in [6.45, 7) is 0. The Morgan fingerprint density at radius 1 is 1.24 bits per heavy atom. The van der Waals surface area contributed by atoms with E-state index in [4.69, 9.17) is 23.2 Å². The number of nitrogens with zero attached hydrogens (tertiary/aromatic N) is 2. The zero-order valence-corrected chi connectivity index (χ0v) is 9.79. The number of hydrogen-bond donors (Lipinski definition) is 1. The van der Waals surface area contributed by atoms with Crippen LogP contribution in [0.5, 0.6) is 0 Å². The van der Waals surface area contributed by atoms with E-state index in [1.54, 1.807) is 0 Å². The molecule has 0 saturated carbocycles. The Bertz CT molecular complexity index is 511. The lowest BCUT2D eigenvalue weighted by atomic mass is 10.3. The predicted molar refractivity (Wildman–Crippen MR) is 58.3 cm³/mol. The van der Waals surface area contributed by atoms with Crippen molar-refractivity contribution in [2.75, 3.05) is 0 Å². The molecule has 0 aliphatic rings. The van der Waals surface area contributed by atoms with E-state index in [-0.39, 0.29) is 28.1 Å². The Balaban J connectivity index is 2.26. The van der Waals surface area contributed by atoms with Gasteiger partial charge in [-0.1, -0.05) is 23.2 Å². The third-order valence-corrected chi connectivity index (χ3v) is 2.75. The molecule has 0 aliphatic carbocycles. The minimum absolute atomic E-state index is 0.0769. The third kappa shape index (κ3) is 3.01. The van der Waals surface area contributed by atoms with Gasteiger partial charge in [-0.05, 0) is 6.07 Å². The molecule has 3 nitrogen and oxygen atoms in total. The van der Waals surface area contributed by atoms with E-state index in [2.05, 4.69) is 15.0 Å². The fraction of sp³-hybridized carbons (Fsp3) is 0.333. The summed E-state index contributed by atoms with van der Waals surface area (Å²) in [4.78, 5) is 10.5. The van der Waals surface area contributed by atoms with Gasteiger partial charge in [-0.3, -0.25) is 0 Å². The minimum atomic E-state index is -4.21. The lowest BCUT2D eigenvalue weighted by Crippen LogP contribution is -2.09. The highest BCUT2D eigenvalue weighted by Crippen LogP contribution is 2.25. The van der Waals surface area contributed by atoms with Gasteiger partial charge in [0.15, 0.2) is 5.65 Å². The van der Waals surface area contributed by atoms with Crippen molar-refractivity contribution in [3.8, 4) is 0 Å². The highest BCUT2D eigenvalue weighted by molar-refractivity contribution is 6.41. The molecule has 8 heteroatoms. The second kappa shape index (κ2) is 4.34. The molecule has 2 aromatic heterocycles. The van der Waals surface area contributed by atoms with Crippen molar-refractivity contribution in [1.29, 1.82) is 0 Å². The van der Waals surface area contributed by atoms with Gasteiger partial charge in [0.1, 0.15) is 11.0 Å². The molecular formula is C9H6Cl2F3N3. The summed E-state index contributed by atoms with van der Waals surface area (Å²) in [7, 11) is 0. The van der Waals surface area contributed by atoms with Crippen molar-refractivity contribution < 1.29 is 13.2 Å². The van der Waals surface area contributed by atoms with Crippen LogP contribution in [0.4, 0.5) is 13.2 Å². The van der Waals surface area contributed by atoms with Crippen LogP contribution in [0.15, 0.2) is 6.07 Å². The topological polar surface area (TPSA) is 41.6 Å². The van der Waals surface area contributed by atoms with Crippen LogP contribution in [-0.4, -0.2) is 21.1 Å². The van der Waals surface area contributed by atoms with Crippen molar-refractivity contribution in [3.63, 3.8) is 0 Å². The third-order valence-electron chi connectivity index (χ3n) is 2.08. The number of hydrogen-bond acceptors (Lipinski definition) is 2. The van der Waals surface area contributed by atoms with E-state index in [0.29, 0.717) is 5.52 Å². The molecule has 2 aromatic rings. The summed E-state index contributed by atoms with van der Waals surface area (Å²) >= 11 is 11.4. The molecular weight excluding hydrogens is 278 g/mol. The number of halogens is 5. The highest BCUT2D eigenvalue weighted by atomic mass is 35.5. The number of alkyl halides is 3. The predicted octanol–water partition coefficient (Wildman–Crippen LogP) is 3.76. The van der Waals surface area contributed by atoms with Crippen LogP contribution in [-0.2, 0) is 6.42 Å². The average molecular weight is 284 g/mol.